The van der Waals surface area contributed by atoms with Crippen LogP contribution in [0.5, 0.6) is 0 Å². The van der Waals surface area contributed by atoms with Gasteiger partial charge in [0.05, 0.1) is 16.7 Å². The third-order valence-electron chi connectivity index (χ3n) is 4.82. The Hall–Kier alpha value is -3.17. The lowest BCUT2D eigenvalue weighted by Crippen LogP contribution is -2.23. The summed E-state index contributed by atoms with van der Waals surface area (Å²) in [7, 11) is 0. The molecule has 5 rings (SSSR count). The van der Waals surface area contributed by atoms with E-state index >= 15 is 0 Å². The quantitative estimate of drug-likeness (QED) is 0.351. The van der Waals surface area contributed by atoms with E-state index in [1.165, 1.54) is 11.8 Å². The summed E-state index contributed by atoms with van der Waals surface area (Å²) >= 11 is 7.37. The summed E-state index contributed by atoms with van der Waals surface area (Å²) in [4.78, 5) is 17.4. The average Bonchev–Trinajstić information content (AvgIpc) is 3.43. The van der Waals surface area contributed by atoms with Crippen LogP contribution in [0.2, 0.25) is 5.02 Å². The highest BCUT2D eigenvalue weighted by Crippen LogP contribution is 2.25. The van der Waals surface area contributed by atoms with E-state index in [2.05, 4.69) is 20.3 Å². The summed E-state index contributed by atoms with van der Waals surface area (Å²) in [5.74, 6) is 1.94. The molecule has 0 aliphatic heterocycles. The Morgan fingerprint density at radius 2 is 1.90 bits per heavy atom. The van der Waals surface area contributed by atoms with Crippen LogP contribution in [0.3, 0.4) is 0 Å². The van der Waals surface area contributed by atoms with Gasteiger partial charge < -0.3 is 4.52 Å². The predicted molar refractivity (Wildman–Crippen MR) is 119 cm³/mol. The van der Waals surface area contributed by atoms with Crippen molar-refractivity contribution in [2.24, 2.45) is 0 Å². The molecule has 0 unspecified atom stereocenters. The second kappa shape index (κ2) is 8.16. The Morgan fingerprint density at radius 1 is 1.10 bits per heavy atom. The van der Waals surface area contributed by atoms with E-state index in [1.807, 2.05) is 47.7 Å². The predicted octanol–water partition coefficient (Wildman–Crippen LogP) is 4.45. The van der Waals surface area contributed by atoms with Crippen LogP contribution in [-0.4, -0.2) is 29.3 Å². The normalized spacial score (nSPS) is 11.5. The van der Waals surface area contributed by atoms with Gasteiger partial charge in [-0.2, -0.15) is 4.98 Å². The number of hydrogen-bond acceptors (Lipinski definition) is 7. The fourth-order valence-electron chi connectivity index (χ4n) is 3.40. The number of thioether (sulfide) groups is 1. The van der Waals surface area contributed by atoms with Gasteiger partial charge in [0.2, 0.25) is 5.78 Å². The maximum absolute atomic E-state index is 12.9. The van der Waals surface area contributed by atoms with Crippen molar-refractivity contribution in [3.05, 3.63) is 69.7 Å². The highest BCUT2D eigenvalue weighted by Gasteiger charge is 2.17. The van der Waals surface area contributed by atoms with E-state index in [9.17, 15) is 4.79 Å². The van der Waals surface area contributed by atoms with Gasteiger partial charge in [0.15, 0.2) is 11.0 Å². The lowest BCUT2D eigenvalue weighted by molar-refractivity contribution is 0.425. The van der Waals surface area contributed by atoms with Crippen molar-refractivity contribution < 1.29 is 4.52 Å². The largest absolute Gasteiger partial charge is 0.334 e. The van der Waals surface area contributed by atoms with E-state index in [1.54, 1.807) is 16.7 Å². The van der Waals surface area contributed by atoms with E-state index in [0.717, 1.165) is 17.5 Å². The Balaban J connectivity index is 1.49. The molecular weight excluding hydrogens is 436 g/mol. The molecule has 0 amide bonds. The summed E-state index contributed by atoms with van der Waals surface area (Å²) in [6, 6.07) is 14.7. The Bertz CT molecular complexity index is 1440. The topological polar surface area (TPSA) is 91.1 Å². The van der Waals surface area contributed by atoms with Gasteiger partial charge in [0.1, 0.15) is 0 Å². The number of hydrogen-bond donors (Lipinski definition) is 0. The first-order valence-electron chi connectivity index (χ1n) is 9.73. The number of benzene rings is 2. The summed E-state index contributed by atoms with van der Waals surface area (Å²) in [5, 5.41) is 14.6. The van der Waals surface area contributed by atoms with Crippen molar-refractivity contribution in [3.63, 3.8) is 0 Å². The molecule has 0 saturated carbocycles. The van der Waals surface area contributed by atoms with Crippen molar-refractivity contribution >= 4 is 40.0 Å². The summed E-state index contributed by atoms with van der Waals surface area (Å²) in [6.07, 6.45) is 0.819. The number of aromatic nitrogens is 6. The molecule has 2 aromatic carbocycles. The Labute approximate surface area is 185 Å². The number of rotatable bonds is 6. The minimum absolute atomic E-state index is 0.0559. The molecule has 0 saturated heterocycles. The van der Waals surface area contributed by atoms with E-state index in [0.29, 0.717) is 45.4 Å². The highest BCUT2D eigenvalue weighted by atomic mass is 35.5. The standard InChI is InChI=1S/C21H17ClN6O2S/c1-2-11-27-19(29)15-5-3-4-6-16(15)28-20(27)24-25-21(28)31-12-17-23-18(30-26-17)13-7-9-14(22)10-8-13/h3-10H,2,11-12H2,1H3. The van der Waals surface area contributed by atoms with Crippen LogP contribution >= 0.6 is 23.4 Å². The molecular formula is C21H17ClN6O2S. The Kier molecular flexibility index (Phi) is 5.21. The molecule has 0 aliphatic rings. The number of fused-ring (bicyclic) bond motifs is 3. The molecule has 156 valence electrons. The number of para-hydroxylation sites is 1. The molecule has 8 nitrogen and oxygen atoms in total. The molecule has 0 fully saturated rings. The zero-order valence-electron chi connectivity index (χ0n) is 16.5. The van der Waals surface area contributed by atoms with Gasteiger partial charge in [0, 0.05) is 17.1 Å². The van der Waals surface area contributed by atoms with E-state index in [-0.39, 0.29) is 5.56 Å². The van der Waals surface area contributed by atoms with Crippen molar-refractivity contribution in [2.45, 2.75) is 30.8 Å². The second-order valence-corrected chi connectivity index (χ2v) is 8.28. The lowest BCUT2D eigenvalue weighted by atomic mass is 10.2. The maximum Gasteiger partial charge on any atom is 0.262 e. The molecule has 0 spiro atoms. The van der Waals surface area contributed by atoms with Gasteiger partial charge in [-0.3, -0.25) is 13.8 Å². The maximum atomic E-state index is 12.9. The SMILES string of the molecule is CCCn1c(=O)c2ccccc2n2c(SCc3noc(-c4ccc(Cl)cc4)n3)nnc12. The monoisotopic (exact) mass is 452 g/mol. The van der Waals surface area contributed by atoms with Crippen molar-refractivity contribution in [2.75, 3.05) is 0 Å². The minimum Gasteiger partial charge on any atom is -0.334 e. The van der Waals surface area contributed by atoms with E-state index in [4.69, 9.17) is 16.1 Å². The number of halogens is 1. The molecule has 31 heavy (non-hydrogen) atoms. The van der Waals surface area contributed by atoms with Gasteiger partial charge in [-0.1, -0.05) is 47.6 Å². The fraction of sp³-hybridized carbons (Fsp3) is 0.190. The van der Waals surface area contributed by atoms with Gasteiger partial charge in [0.25, 0.3) is 11.4 Å². The zero-order valence-corrected chi connectivity index (χ0v) is 18.1. The van der Waals surface area contributed by atoms with Crippen LogP contribution in [0.4, 0.5) is 0 Å². The molecule has 0 aliphatic carbocycles. The van der Waals surface area contributed by atoms with E-state index < -0.39 is 0 Å². The van der Waals surface area contributed by atoms with Crippen LogP contribution in [0, 0.1) is 0 Å². The summed E-state index contributed by atoms with van der Waals surface area (Å²) < 4.78 is 8.97. The van der Waals surface area contributed by atoms with Crippen molar-refractivity contribution in [1.82, 2.24) is 29.3 Å². The molecule has 0 radical (unpaired) electrons. The van der Waals surface area contributed by atoms with Gasteiger partial charge in [-0.25, -0.2) is 0 Å². The average molecular weight is 453 g/mol. The molecule has 3 heterocycles. The Morgan fingerprint density at radius 3 is 2.71 bits per heavy atom. The van der Waals surface area contributed by atoms with Crippen molar-refractivity contribution in [1.29, 1.82) is 0 Å². The van der Waals surface area contributed by atoms with Gasteiger partial charge in [-0.05, 0) is 42.8 Å². The minimum atomic E-state index is -0.0559. The summed E-state index contributed by atoms with van der Waals surface area (Å²) in [5.41, 5.74) is 1.52. The third-order valence-corrected chi connectivity index (χ3v) is 5.99. The number of aryl methyl sites for hydroxylation is 1. The lowest BCUT2D eigenvalue weighted by Gasteiger charge is -2.10. The van der Waals surface area contributed by atoms with Crippen LogP contribution in [-0.2, 0) is 12.3 Å². The van der Waals surface area contributed by atoms with Crippen LogP contribution in [0.15, 0.2) is 63.0 Å². The zero-order chi connectivity index (χ0) is 21.4. The molecule has 0 atom stereocenters. The fourth-order valence-corrected chi connectivity index (χ4v) is 4.31. The third kappa shape index (κ3) is 3.60. The first-order valence-corrected chi connectivity index (χ1v) is 11.1. The molecule has 3 aromatic heterocycles. The van der Waals surface area contributed by atoms with Crippen LogP contribution < -0.4 is 5.56 Å². The second-order valence-electron chi connectivity index (χ2n) is 6.90. The number of nitrogens with zero attached hydrogens (tertiary/aromatic N) is 6. The van der Waals surface area contributed by atoms with Crippen LogP contribution in [0.25, 0.3) is 28.1 Å². The molecule has 0 N–H and O–H groups in total. The molecule has 5 aromatic rings. The van der Waals surface area contributed by atoms with Crippen molar-refractivity contribution in [3.8, 4) is 11.5 Å². The van der Waals surface area contributed by atoms with Gasteiger partial charge in [-0.15, -0.1) is 10.2 Å². The first-order chi connectivity index (χ1) is 15.2. The highest BCUT2D eigenvalue weighted by molar-refractivity contribution is 7.98. The van der Waals surface area contributed by atoms with Gasteiger partial charge >= 0.3 is 0 Å². The first kappa shape index (κ1) is 19.8. The summed E-state index contributed by atoms with van der Waals surface area (Å²) in [6.45, 7) is 2.60. The smallest absolute Gasteiger partial charge is 0.262 e. The molecule has 10 heteroatoms. The van der Waals surface area contributed by atoms with Crippen LogP contribution in [0.1, 0.15) is 19.2 Å². The molecule has 0 bridgehead atoms.